The van der Waals surface area contributed by atoms with Crippen LogP contribution in [-0.2, 0) is 0 Å². The molecule has 10 heteroatoms. The van der Waals surface area contributed by atoms with E-state index in [9.17, 15) is 9.90 Å². The Morgan fingerprint density at radius 2 is 1.97 bits per heavy atom. The first-order chi connectivity index (χ1) is 18.9. The Morgan fingerprint density at radius 3 is 2.77 bits per heavy atom. The summed E-state index contributed by atoms with van der Waals surface area (Å²) < 4.78 is 0. The van der Waals surface area contributed by atoms with Crippen LogP contribution < -0.4 is 5.32 Å². The Balaban J connectivity index is 1.37. The number of fused-ring (bicyclic) bond motifs is 2. The third kappa shape index (κ3) is 4.91. The number of aromatic amines is 2. The fourth-order valence-electron chi connectivity index (χ4n) is 4.63. The van der Waals surface area contributed by atoms with E-state index in [-0.39, 0.29) is 5.78 Å². The lowest BCUT2D eigenvalue weighted by atomic mass is 10.1. The number of aromatic nitrogens is 6. The molecule has 9 nitrogen and oxygen atoms in total. The summed E-state index contributed by atoms with van der Waals surface area (Å²) in [5, 5.41) is 21.9. The van der Waals surface area contributed by atoms with Crippen LogP contribution in [-0.4, -0.2) is 47.3 Å². The number of hydrogen-bond acceptors (Lipinski definition) is 8. The molecule has 6 rings (SSSR count). The summed E-state index contributed by atoms with van der Waals surface area (Å²) in [5.74, 6) is 1.05. The fraction of sp³-hybridized carbons (Fsp3) is 0.207. The molecule has 1 unspecified atom stereocenters. The largest absolute Gasteiger partial charge is 0.374 e. The number of benzene rings is 1. The standard InChI is InChI=1S/C29H27N7O2S/c1-15(2)9-26(38)32-18-10-17(12-30-13-18)22-11-20-23(14-31-22)35-36-28(20)29-33-21-6-4-5-19(27(21)34-29)25-8-7-24(39-25)16(3)37/h4-8,10-15,26,32,38H,9H2,1-3H3,(H,33,34)(H,35,36). The molecule has 0 saturated heterocycles. The number of nitrogens with one attached hydrogen (secondary N) is 3. The van der Waals surface area contributed by atoms with Crippen molar-refractivity contribution < 1.29 is 9.90 Å². The molecule has 0 radical (unpaired) electrons. The molecule has 39 heavy (non-hydrogen) atoms. The molecule has 0 spiro atoms. The molecule has 1 aromatic carbocycles. The van der Waals surface area contributed by atoms with Gasteiger partial charge in [0.2, 0.25) is 0 Å². The summed E-state index contributed by atoms with van der Waals surface area (Å²) in [6.07, 6.45) is 5.17. The van der Waals surface area contributed by atoms with Crippen molar-refractivity contribution >= 4 is 44.7 Å². The number of hydrogen-bond donors (Lipinski definition) is 4. The predicted molar refractivity (Wildman–Crippen MR) is 155 cm³/mol. The highest BCUT2D eigenvalue weighted by Crippen LogP contribution is 2.35. The number of anilines is 1. The number of ketones is 1. The summed E-state index contributed by atoms with van der Waals surface area (Å²) in [6, 6.07) is 13.7. The number of carbonyl (C=O) groups excluding carboxylic acids is 1. The zero-order chi connectivity index (χ0) is 27.1. The maximum Gasteiger partial charge on any atom is 0.169 e. The lowest BCUT2D eigenvalue weighted by molar-refractivity contribution is 0.102. The minimum Gasteiger partial charge on any atom is -0.374 e. The van der Waals surface area contributed by atoms with Gasteiger partial charge in [-0.05, 0) is 49.6 Å². The average Bonchev–Trinajstić information content (AvgIpc) is 3.65. The summed E-state index contributed by atoms with van der Waals surface area (Å²) in [6.45, 7) is 5.71. The van der Waals surface area contributed by atoms with E-state index in [2.05, 4.69) is 44.3 Å². The van der Waals surface area contributed by atoms with E-state index in [1.807, 2.05) is 42.5 Å². The van der Waals surface area contributed by atoms with Crippen molar-refractivity contribution in [2.45, 2.75) is 33.4 Å². The Bertz CT molecular complexity index is 1820. The van der Waals surface area contributed by atoms with Gasteiger partial charge in [0.15, 0.2) is 11.6 Å². The number of rotatable bonds is 8. The van der Waals surface area contributed by atoms with Crippen molar-refractivity contribution in [3.63, 3.8) is 0 Å². The molecule has 0 bridgehead atoms. The fourth-order valence-corrected chi connectivity index (χ4v) is 5.55. The highest BCUT2D eigenvalue weighted by Gasteiger charge is 2.17. The van der Waals surface area contributed by atoms with Crippen LogP contribution in [0.15, 0.2) is 61.1 Å². The first kappa shape index (κ1) is 24.9. The minimum atomic E-state index is -0.654. The van der Waals surface area contributed by atoms with Crippen LogP contribution in [0, 0.1) is 5.92 Å². The third-order valence-corrected chi connectivity index (χ3v) is 7.68. The molecule has 5 aromatic heterocycles. The number of H-pyrrole nitrogens is 2. The molecule has 1 atom stereocenters. The quantitative estimate of drug-likeness (QED) is 0.133. The molecule has 0 fully saturated rings. The molecular weight excluding hydrogens is 510 g/mol. The van der Waals surface area contributed by atoms with Crippen molar-refractivity contribution in [3.05, 3.63) is 65.9 Å². The minimum absolute atomic E-state index is 0.0526. The van der Waals surface area contributed by atoms with E-state index in [1.165, 1.54) is 11.3 Å². The molecule has 0 aliphatic carbocycles. The highest BCUT2D eigenvalue weighted by molar-refractivity contribution is 7.17. The highest BCUT2D eigenvalue weighted by atomic mass is 32.1. The summed E-state index contributed by atoms with van der Waals surface area (Å²) >= 11 is 1.46. The van der Waals surface area contributed by atoms with Gasteiger partial charge in [-0.1, -0.05) is 26.0 Å². The van der Waals surface area contributed by atoms with Gasteiger partial charge in [0.05, 0.1) is 45.2 Å². The van der Waals surface area contributed by atoms with Crippen LogP contribution in [0.5, 0.6) is 0 Å². The number of Topliss-reactive ketones (excluding diaryl/α,β-unsaturated/α-hetero) is 1. The van der Waals surface area contributed by atoms with Crippen LogP contribution in [0.1, 0.15) is 36.9 Å². The Kier molecular flexibility index (Phi) is 6.41. The van der Waals surface area contributed by atoms with Gasteiger partial charge >= 0.3 is 0 Å². The first-order valence-electron chi connectivity index (χ1n) is 12.7. The predicted octanol–water partition coefficient (Wildman–Crippen LogP) is 6.27. The third-order valence-electron chi connectivity index (χ3n) is 6.46. The summed E-state index contributed by atoms with van der Waals surface area (Å²) in [5.41, 5.74) is 6.40. The SMILES string of the molecule is CC(=O)c1ccc(-c2cccc3[nH]c(-c4n[nH]c5cnc(-c6cncc(NC(O)CC(C)C)c6)cc45)nc23)s1. The molecule has 0 amide bonds. The summed E-state index contributed by atoms with van der Waals surface area (Å²) in [7, 11) is 0. The second-order valence-electron chi connectivity index (χ2n) is 9.95. The number of aliphatic hydroxyl groups excluding tert-OH is 1. The van der Waals surface area contributed by atoms with Crippen molar-refractivity contribution in [1.29, 1.82) is 0 Å². The Hall–Kier alpha value is -4.41. The van der Waals surface area contributed by atoms with E-state index in [4.69, 9.17) is 4.98 Å². The Labute approximate surface area is 228 Å². The van der Waals surface area contributed by atoms with Gasteiger partial charge < -0.3 is 15.4 Å². The van der Waals surface area contributed by atoms with Gasteiger partial charge in [-0.15, -0.1) is 11.3 Å². The summed E-state index contributed by atoms with van der Waals surface area (Å²) in [4.78, 5) is 30.8. The van der Waals surface area contributed by atoms with Crippen LogP contribution >= 0.6 is 11.3 Å². The van der Waals surface area contributed by atoms with Crippen LogP contribution in [0.25, 0.3) is 55.2 Å². The lowest BCUT2D eigenvalue weighted by Gasteiger charge is -2.16. The normalized spacial score (nSPS) is 12.4. The van der Waals surface area contributed by atoms with Crippen molar-refractivity contribution in [1.82, 2.24) is 30.1 Å². The molecule has 5 heterocycles. The number of thiophene rings is 1. The van der Waals surface area contributed by atoms with E-state index in [0.29, 0.717) is 23.9 Å². The number of pyridine rings is 2. The van der Waals surface area contributed by atoms with Gasteiger partial charge in [0, 0.05) is 27.6 Å². The van der Waals surface area contributed by atoms with E-state index >= 15 is 0 Å². The second-order valence-corrected chi connectivity index (χ2v) is 11.0. The molecule has 0 aliphatic heterocycles. The number of para-hydroxylation sites is 1. The number of nitrogens with zero attached hydrogens (tertiary/aromatic N) is 4. The van der Waals surface area contributed by atoms with Gasteiger partial charge in [-0.25, -0.2) is 4.98 Å². The molecular formula is C29H27N7O2S. The van der Waals surface area contributed by atoms with E-state index in [0.717, 1.165) is 54.2 Å². The first-order valence-corrected chi connectivity index (χ1v) is 13.5. The molecule has 4 N–H and O–H groups in total. The average molecular weight is 538 g/mol. The lowest BCUT2D eigenvalue weighted by Crippen LogP contribution is -2.20. The van der Waals surface area contributed by atoms with Gasteiger partial charge in [-0.3, -0.25) is 19.9 Å². The maximum atomic E-state index is 11.8. The molecule has 0 aliphatic rings. The Morgan fingerprint density at radius 1 is 1.10 bits per heavy atom. The van der Waals surface area contributed by atoms with Crippen molar-refractivity contribution in [2.75, 3.05) is 5.32 Å². The number of aliphatic hydroxyl groups is 1. The number of carbonyl (C=O) groups is 1. The second kappa shape index (κ2) is 10.0. The van der Waals surface area contributed by atoms with E-state index < -0.39 is 6.23 Å². The zero-order valence-electron chi connectivity index (χ0n) is 21.7. The molecule has 196 valence electrons. The van der Waals surface area contributed by atoms with Crippen LogP contribution in [0.4, 0.5) is 5.69 Å². The van der Waals surface area contributed by atoms with Crippen LogP contribution in [0.3, 0.4) is 0 Å². The van der Waals surface area contributed by atoms with Gasteiger partial charge in [-0.2, -0.15) is 5.10 Å². The molecule has 0 saturated carbocycles. The van der Waals surface area contributed by atoms with Gasteiger partial charge in [0.1, 0.15) is 11.9 Å². The van der Waals surface area contributed by atoms with Gasteiger partial charge in [0.25, 0.3) is 0 Å². The topological polar surface area (TPSA) is 132 Å². The smallest absolute Gasteiger partial charge is 0.169 e. The zero-order valence-corrected chi connectivity index (χ0v) is 22.5. The monoisotopic (exact) mass is 537 g/mol. The van der Waals surface area contributed by atoms with E-state index in [1.54, 1.807) is 25.5 Å². The molecule has 6 aromatic rings. The van der Waals surface area contributed by atoms with Crippen molar-refractivity contribution in [3.8, 4) is 33.2 Å². The maximum absolute atomic E-state index is 11.8. The van der Waals surface area contributed by atoms with Crippen molar-refractivity contribution in [2.24, 2.45) is 5.92 Å². The van der Waals surface area contributed by atoms with Crippen LogP contribution in [0.2, 0.25) is 0 Å². The number of imidazole rings is 1.